The molecule has 0 aliphatic carbocycles. The Morgan fingerprint density at radius 2 is 1.75 bits per heavy atom. The van der Waals surface area contributed by atoms with Crippen LogP contribution in [0.1, 0.15) is 31.0 Å². The minimum absolute atomic E-state index is 0.0618. The van der Waals surface area contributed by atoms with Gasteiger partial charge in [-0.25, -0.2) is 4.79 Å². The summed E-state index contributed by atoms with van der Waals surface area (Å²) >= 11 is 0. The van der Waals surface area contributed by atoms with Crippen molar-refractivity contribution in [2.75, 3.05) is 12.3 Å². The second-order valence-corrected chi connectivity index (χ2v) is 6.75. The van der Waals surface area contributed by atoms with Gasteiger partial charge in [0.15, 0.2) is 18.4 Å². The van der Waals surface area contributed by atoms with Crippen LogP contribution in [0.2, 0.25) is 0 Å². The second-order valence-electron chi connectivity index (χ2n) is 6.75. The van der Waals surface area contributed by atoms with Crippen LogP contribution in [0.5, 0.6) is 0 Å². The SMILES string of the molecule is [2H]CC(=O)OC[C@H]1OC(n2cc(-c3ccccc3)c(N)nc2=O)[C@H](OC(=O)C[2H])[C@H]1OC(=O)C[2H]. The molecular weight excluding hydrogens is 422 g/mol. The molecule has 0 amide bonds. The van der Waals surface area contributed by atoms with Gasteiger partial charge in [-0.15, -0.1) is 0 Å². The molecular formula is C21H23N3O8. The largest absolute Gasteiger partial charge is 0.463 e. The summed E-state index contributed by atoms with van der Waals surface area (Å²) < 4.78 is 43.9. The maximum atomic E-state index is 12.8. The summed E-state index contributed by atoms with van der Waals surface area (Å²) in [6, 6.07) is 8.76. The summed E-state index contributed by atoms with van der Waals surface area (Å²) in [6.45, 7) is -2.71. The van der Waals surface area contributed by atoms with Crippen LogP contribution >= 0.6 is 0 Å². The highest BCUT2D eigenvalue weighted by Gasteiger charge is 2.51. The van der Waals surface area contributed by atoms with E-state index >= 15 is 0 Å². The summed E-state index contributed by atoms with van der Waals surface area (Å²) in [4.78, 5) is 52.1. The Hall–Kier alpha value is -3.73. The monoisotopic (exact) mass is 448 g/mol. The lowest BCUT2D eigenvalue weighted by atomic mass is 10.1. The summed E-state index contributed by atoms with van der Waals surface area (Å²) in [5, 5.41) is 0. The number of nitrogen functional groups attached to an aromatic ring is 1. The van der Waals surface area contributed by atoms with Crippen molar-refractivity contribution in [3.63, 3.8) is 0 Å². The zero-order valence-electron chi connectivity index (χ0n) is 19.8. The molecule has 1 aromatic heterocycles. The molecule has 0 radical (unpaired) electrons. The maximum Gasteiger partial charge on any atom is 0.351 e. The van der Waals surface area contributed by atoms with E-state index in [2.05, 4.69) is 4.98 Å². The van der Waals surface area contributed by atoms with Crippen molar-refractivity contribution in [2.45, 2.75) is 45.2 Å². The molecule has 0 saturated carbocycles. The molecule has 170 valence electrons. The van der Waals surface area contributed by atoms with E-state index in [4.69, 9.17) is 28.8 Å². The first-order valence-electron chi connectivity index (χ1n) is 11.4. The van der Waals surface area contributed by atoms with E-state index in [0.717, 1.165) is 4.57 Å². The number of ether oxygens (including phenoxy) is 4. The molecule has 0 bridgehead atoms. The smallest absolute Gasteiger partial charge is 0.351 e. The van der Waals surface area contributed by atoms with Crippen molar-refractivity contribution in [1.82, 2.24) is 9.55 Å². The second kappa shape index (κ2) is 9.60. The van der Waals surface area contributed by atoms with E-state index in [1.54, 1.807) is 30.3 Å². The number of esters is 3. The zero-order chi connectivity index (χ0) is 25.5. The first-order chi connectivity index (χ1) is 16.8. The van der Waals surface area contributed by atoms with Crippen molar-refractivity contribution >= 4 is 23.7 Å². The number of carbonyl (C=O) groups excluding carboxylic acids is 3. The lowest BCUT2D eigenvalue weighted by molar-refractivity contribution is -0.166. The van der Waals surface area contributed by atoms with Gasteiger partial charge < -0.3 is 24.7 Å². The third-order valence-corrected chi connectivity index (χ3v) is 4.57. The highest BCUT2D eigenvalue weighted by Crippen LogP contribution is 2.35. The molecule has 1 fully saturated rings. The Labute approximate surface area is 187 Å². The van der Waals surface area contributed by atoms with Crippen LogP contribution in [0.25, 0.3) is 11.1 Å². The van der Waals surface area contributed by atoms with Gasteiger partial charge in [-0.3, -0.25) is 19.0 Å². The number of hydrogen-bond acceptors (Lipinski definition) is 10. The van der Waals surface area contributed by atoms with Crippen LogP contribution < -0.4 is 11.4 Å². The molecule has 11 nitrogen and oxygen atoms in total. The van der Waals surface area contributed by atoms with Crippen LogP contribution in [-0.2, 0) is 33.3 Å². The minimum atomic E-state index is -1.45. The number of nitrogens with zero attached hydrogens (tertiary/aromatic N) is 2. The first-order valence-corrected chi connectivity index (χ1v) is 9.30. The molecule has 0 spiro atoms. The van der Waals surface area contributed by atoms with Gasteiger partial charge in [0.25, 0.3) is 0 Å². The molecule has 1 saturated heterocycles. The highest BCUT2D eigenvalue weighted by atomic mass is 16.7. The minimum Gasteiger partial charge on any atom is -0.463 e. The predicted octanol–water partition coefficient (Wildman–Crippen LogP) is 0.816. The van der Waals surface area contributed by atoms with Crippen LogP contribution in [0.3, 0.4) is 0 Å². The normalized spacial score (nSPS) is 23.4. The lowest BCUT2D eigenvalue weighted by Gasteiger charge is -2.24. The Bertz CT molecular complexity index is 1130. The van der Waals surface area contributed by atoms with Crippen LogP contribution in [0.15, 0.2) is 41.3 Å². The topological polar surface area (TPSA) is 149 Å². The van der Waals surface area contributed by atoms with Crippen LogP contribution in [-0.4, -0.2) is 52.4 Å². The van der Waals surface area contributed by atoms with Gasteiger partial charge in [-0.2, -0.15) is 4.98 Å². The maximum absolute atomic E-state index is 12.8. The van der Waals surface area contributed by atoms with Gasteiger partial charge >= 0.3 is 23.6 Å². The van der Waals surface area contributed by atoms with Gasteiger partial charge in [0.05, 0.1) is 0 Å². The van der Waals surface area contributed by atoms with Crippen molar-refractivity contribution in [1.29, 1.82) is 0 Å². The fraction of sp³-hybridized carbons (Fsp3) is 0.381. The summed E-state index contributed by atoms with van der Waals surface area (Å²) in [5.41, 5.74) is 6.08. The molecule has 1 aliphatic rings. The molecule has 4 atom stereocenters. The molecule has 11 heteroatoms. The van der Waals surface area contributed by atoms with E-state index in [9.17, 15) is 19.2 Å². The zero-order valence-corrected chi connectivity index (χ0v) is 16.8. The van der Waals surface area contributed by atoms with Gasteiger partial charge in [-0.05, 0) is 5.56 Å². The Balaban J connectivity index is 2.06. The van der Waals surface area contributed by atoms with Gasteiger partial charge in [0.1, 0.15) is 18.5 Å². The van der Waals surface area contributed by atoms with Crippen molar-refractivity contribution in [3.05, 3.63) is 47.0 Å². The van der Waals surface area contributed by atoms with Crippen LogP contribution in [0, 0.1) is 0 Å². The quantitative estimate of drug-likeness (QED) is 0.497. The number of benzene rings is 1. The summed E-state index contributed by atoms with van der Waals surface area (Å²) in [7, 11) is 0. The van der Waals surface area contributed by atoms with E-state index in [1.165, 1.54) is 6.20 Å². The van der Waals surface area contributed by atoms with Gasteiger partial charge in [0.2, 0.25) is 0 Å². The summed E-state index contributed by atoms with van der Waals surface area (Å²) in [5.74, 6) is -2.94. The third kappa shape index (κ3) is 5.11. The molecule has 2 aromatic rings. The summed E-state index contributed by atoms with van der Waals surface area (Å²) in [6.07, 6.45) is -4.13. The van der Waals surface area contributed by atoms with E-state index < -0.39 is 75.4 Å². The van der Waals surface area contributed by atoms with Crippen LogP contribution in [0.4, 0.5) is 5.82 Å². The molecule has 1 unspecified atom stereocenters. The fourth-order valence-electron chi connectivity index (χ4n) is 3.32. The fourth-order valence-corrected chi connectivity index (χ4v) is 3.32. The molecule has 2 heterocycles. The Morgan fingerprint density at radius 1 is 1.09 bits per heavy atom. The van der Waals surface area contributed by atoms with Gasteiger partial charge in [0, 0.05) is 36.6 Å². The number of rotatable bonds is 6. The Kier molecular flexibility index (Phi) is 5.70. The molecule has 3 rings (SSSR count). The predicted molar refractivity (Wildman–Crippen MR) is 110 cm³/mol. The third-order valence-electron chi connectivity index (χ3n) is 4.57. The number of nitrogens with two attached hydrogens (primary N) is 1. The van der Waals surface area contributed by atoms with Crippen molar-refractivity contribution in [2.24, 2.45) is 0 Å². The molecule has 1 aromatic carbocycles. The average molecular weight is 448 g/mol. The number of carbonyl (C=O) groups is 3. The van der Waals surface area contributed by atoms with Crippen molar-refractivity contribution in [3.8, 4) is 11.1 Å². The molecule has 32 heavy (non-hydrogen) atoms. The number of hydrogen-bond donors (Lipinski definition) is 1. The molecule has 2 N–H and O–H groups in total. The van der Waals surface area contributed by atoms with Crippen molar-refractivity contribution < 1.29 is 37.4 Å². The lowest BCUT2D eigenvalue weighted by Crippen LogP contribution is -2.42. The molecule has 1 aliphatic heterocycles. The Morgan fingerprint density at radius 3 is 2.41 bits per heavy atom. The standard InChI is InChI=1S/C21H23N3O8/c1-11(25)29-10-16-17(30-12(2)26)18(31-13(3)27)20(32-16)24-9-15(19(22)23-21(24)28)14-7-5-4-6-8-14/h4-9,16-18,20H,10H2,1-3H3,(H2,22,23,28)/t16-,17+,18-,20?/m1/s1/i1D,2D,3D. The number of aromatic nitrogens is 2. The number of anilines is 1. The first kappa shape index (κ1) is 19.0. The van der Waals surface area contributed by atoms with E-state index in [0.29, 0.717) is 11.1 Å². The van der Waals surface area contributed by atoms with E-state index in [1.807, 2.05) is 0 Å². The van der Waals surface area contributed by atoms with Gasteiger partial charge in [-0.1, -0.05) is 30.3 Å². The average Bonchev–Trinajstić information content (AvgIpc) is 3.19. The highest BCUT2D eigenvalue weighted by molar-refractivity contribution is 5.72. The van der Waals surface area contributed by atoms with E-state index in [-0.39, 0.29) is 5.82 Å².